The van der Waals surface area contributed by atoms with Crippen molar-refractivity contribution in [3.8, 4) is 0 Å². The summed E-state index contributed by atoms with van der Waals surface area (Å²) in [5, 5.41) is 9.46. The van der Waals surface area contributed by atoms with Crippen molar-refractivity contribution in [2.24, 2.45) is 0 Å². The number of halogens is 2. The van der Waals surface area contributed by atoms with E-state index in [1.165, 1.54) is 18.5 Å². The molecule has 4 heteroatoms. The third-order valence-corrected chi connectivity index (χ3v) is 1.91. The smallest absolute Gasteiger partial charge is 0.318 e. The Morgan fingerprint density at radius 3 is 2.69 bits per heavy atom. The van der Waals surface area contributed by atoms with Gasteiger partial charge in [0.1, 0.15) is 0 Å². The van der Waals surface area contributed by atoms with Gasteiger partial charge in [0.25, 0.3) is 0 Å². The summed E-state index contributed by atoms with van der Waals surface area (Å²) in [6.45, 7) is -0.588. The monoisotopic (exact) mass is 189 g/mol. The van der Waals surface area contributed by atoms with Gasteiger partial charge in [-0.2, -0.15) is 8.78 Å². The highest BCUT2D eigenvalue weighted by Crippen LogP contribution is 2.20. The van der Waals surface area contributed by atoms with Crippen molar-refractivity contribution in [1.29, 1.82) is 0 Å². The molecule has 0 saturated carbocycles. The number of hydrogen-bond acceptors (Lipinski definition) is 1. The van der Waals surface area contributed by atoms with Crippen LogP contribution in [0.1, 0.15) is 38.0 Å². The Morgan fingerprint density at radius 2 is 2.23 bits per heavy atom. The lowest BCUT2D eigenvalue weighted by atomic mass is 10.1. The summed E-state index contributed by atoms with van der Waals surface area (Å²) in [7, 11) is 0. The van der Waals surface area contributed by atoms with E-state index in [2.05, 4.69) is 0 Å². The molecule has 0 amide bonds. The van der Waals surface area contributed by atoms with E-state index >= 15 is 0 Å². The Balaban J connectivity index is 2.67. The van der Waals surface area contributed by atoms with Crippen LogP contribution in [0.15, 0.2) is 18.5 Å². The molecule has 1 unspecified atom stereocenters. The third kappa shape index (κ3) is 2.52. The van der Waals surface area contributed by atoms with Crippen LogP contribution in [-0.2, 0) is 0 Å². The van der Waals surface area contributed by atoms with Gasteiger partial charge in [-0.3, -0.25) is 4.57 Å². The lowest BCUT2D eigenvalue weighted by molar-refractivity contribution is 0.0700. The molecular weight excluding hydrogens is 176 g/mol. The van der Waals surface area contributed by atoms with E-state index < -0.39 is 12.7 Å². The second kappa shape index (κ2) is 4.37. The average Bonchev–Trinajstić information content (AvgIpc) is 2.52. The molecule has 0 aliphatic heterocycles. The van der Waals surface area contributed by atoms with E-state index in [4.69, 9.17) is 0 Å². The van der Waals surface area contributed by atoms with Crippen LogP contribution in [0.25, 0.3) is 0 Å². The molecule has 1 aromatic rings. The molecule has 0 bridgehead atoms. The molecule has 0 saturated heterocycles. The van der Waals surface area contributed by atoms with Crippen LogP contribution in [-0.4, -0.2) is 9.67 Å². The zero-order chi connectivity index (χ0) is 9.84. The summed E-state index contributed by atoms with van der Waals surface area (Å²) >= 11 is 0. The van der Waals surface area contributed by atoms with Gasteiger partial charge in [-0.15, -0.1) is 0 Å². The molecule has 1 atom stereocenters. The summed E-state index contributed by atoms with van der Waals surface area (Å²) < 4.78 is 25.0. The first-order chi connectivity index (χ1) is 6.15. The minimum absolute atomic E-state index is 0.558. The van der Waals surface area contributed by atoms with Crippen LogP contribution < -0.4 is 0 Å². The lowest BCUT2D eigenvalue weighted by Gasteiger charge is -2.05. The van der Waals surface area contributed by atoms with Crippen molar-refractivity contribution in [2.75, 3.05) is 0 Å². The van der Waals surface area contributed by atoms with Crippen molar-refractivity contribution in [1.82, 2.24) is 4.57 Å². The number of rotatable bonds is 4. The summed E-state index contributed by atoms with van der Waals surface area (Å²) in [5.74, 6) is 0. The fourth-order valence-electron chi connectivity index (χ4n) is 1.19. The average molecular weight is 189 g/mol. The predicted octanol–water partition coefficient (Wildman–Crippen LogP) is 2.72. The summed E-state index contributed by atoms with van der Waals surface area (Å²) in [5.41, 5.74) is 0.558. The van der Waals surface area contributed by atoms with Crippen LogP contribution in [0.3, 0.4) is 0 Å². The number of aromatic nitrogens is 1. The zero-order valence-electron chi connectivity index (χ0n) is 7.45. The van der Waals surface area contributed by atoms with Gasteiger partial charge in [0.15, 0.2) is 0 Å². The highest BCUT2D eigenvalue weighted by Gasteiger charge is 2.10. The van der Waals surface area contributed by atoms with Gasteiger partial charge in [0, 0.05) is 12.4 Å². The van der Waals surface area contributed by atoms with Crippen molar-refractivity contribution >= 4 is 0 Å². The van der Waals surface area contributed by atoms with E-state index in [1.807, 2.05) is 6.92 Å². The fourth-order valence-corrected chi connectivity index (χ4v) is 1.19. The van der Waals surface area contributed by atoms with Crippen LogP contribution in [0.4, 0.5) is 8.78 Å². The van der Waals surface area contributed by atoms with Gasteiger partial charge in [-0.1, -0.05) is 13.3 Å². The highest BCUT2D eigenvalue weighted by atomic mass is 19.3. The minimum Gasteiger partial charge on any atom is -0.388 e. The van der Waals surface area contributed by atoms with Crippen LogP contribution >= 0.6 is 0 Å². The molecule has 74 valence electrons. The molecule has 0 aliphatic carbocycles. The molecule has 0 spiro atoms. The Labute approximate surface area is 75.8 Å². The first kappa shape index (κ1) is 10.2. The maximum Gasteiger partial charge on any atom is 0.318 e. The number of hydrogen-bond donors (Lipinski definition) is 1. The lowest BCUT2D eigenvalue weighted by Crippen LogP contribution is -1.96. The Hall–Kier alpha value is -0.900. The number of aliphatic hydroxyl groups excluding tert-OH is 1. The quantitative estimate of drug-likeness (QED) is 0.774. The second-order valence-corrected chi connectivity index (χ2v) is 2.97. The number of nitrogens with zero attached hydrogens (tertiary/aromatic N) is 1. The Bertz CT molecular complexity index is 260. The van der Waals surface area contributed by atoms with E-state index in [9.17, 15) is 13.9 Å². The molecule has 1 heterocycles. The molecule has 1 N–H and O–H groups in total. The Kier molecular flexibility index (Phi) is 3.42. The first-order valence-electron chi connectivity index (χ1n) is 4.28. The van der Waals surface area contributed by atoms with Gasteiger partial charge in [0.2, 0.25) is 0 Å². The predicted molar refractivity (Wildman–Crippen MR) is 45.6 cm³/mol. The first-order valence-corrected chi connectivity index (χ1v) is 4.28. The molecule has 1 rings (SSSR count). The van der Waals surface area contributed by atoms with Crippen LogP contribution in [0.2, 0.25) is 0 Å². The van der Waals surface area contributed by atoms with Gasteiger partial charge >= 0.3 is 6.55 Å². The topological polar surface area (TPSA) is 25.2 Å². The van der Waals surface area contributed by atoms with E-state index in [-0.39, 0.29) is 0 Å². The highest BCUT2D eigenvalue weighted by molar-refractivity contribution is 5.13. The molecular formula is C9H13F2NO. The molecule has 0 radical (unpaired) electrons. The molecule has 0 aromatic carbocycles. The molecule has 0 fully saturated rings. The number of alkyl halides is 2. The van der Waals surface area contributed by atoms with Crippen molar-refractivity contribution < 1.29 is 13.9 Å². The van der Waals surface area contributed by atoms with Gasteiger partial charge in [-0.05, 0) is 18.1 Å². The van der Waals surface area contributed by atoms with Crippen molar-refractivity contribution in [3.63, 3.8) is 0 Å². The fraction of sp³-hybridized carbons (Fsp3) is 0.556. The standard InChI is InChI=1S/C9H13F2NO/c1-2-3-8(13)7-4-5-12(6-7)9(10)11/h4-6,8-9,13H,2-3H2,1H3. The summed E-state index contributed by atoms with van der Waals surface area (Å²) in [6.07, 6.45) is 3.38. The van der Waals surface area contributed by atoms with Gasteiger partial charge in [0.05, 0.1) is 6.10 Å². The second-order valence-electron chi connectivity index (χ2n) is 2.97. The van der Waals surface area contributed by atoms with Crippen molar-refractivity contribution in [3.05, 3.63) is 24.0 Å². The normalized spacial score (nSPS) is 13.6. The SMILES string of the molecule is CCCC(O)c1ccn(C(F)F)c1. The molecule has 13 heavy (non-hydrogen) atoms. The van der Waals surface area contributed by atoms with Gasteiger partial charge in [-0.25, -0.2) is 0 Å². The van der Waals surface area contributed by atoms with Crippen molar-refractivity contribution in [2.45, 2.75) is 32.4 Å². The van der Waals surface area contributed by atoms with Crippen LogP contribution in [0.5, 0.6) is 0 Å². The maximum absolute atomic E-state index is 12.1. The summed E-state index contributed by atoms with van der Waals surface area (Å²) in [6, 6.07) is 1.52. The number of aliphatic hydroxyl groups is 1. The largest absolute Gasteiger partial charge is 0.388 e. The van der Waals surface area contributed by atoms with E-state index in [0.717, 1.165) is 11.0 Å². The molecule has 1 aromatic heterocycles. The molecule has 2 nitrogen and oxygen atoms in total. The molecule has 0 aliphatic rings. The van der Waals surface area contributed by atoms with Gasteiger partial charge < -0.3 is 5.11 Å². The van der Waals surface area contributed by atoms with Crippen LogP contribution in [0, 0.1) is 0 Å². The summed E-state index contributed by atoms with van der Waals surface area (Å²) in [4.78, 5) is 0. The Morgan fingerprint density at radius 1 is 1.54 bits per heavy atom. The third-order valence-electron chi connectivity index (χ3n) is 1.91. The zero-order valence-corrected chi connectivity index (χ0v) is 7.45. The van der Waals surface area contributed by atoms with E-state index in [1.54, 1.807) is 0 Å². The maximum atomic E-state index is 12.1. The minimum atomic E-state index is -2.53. The van der Waals surface area contributed by atoms with E-state index in [0.29, 0.717) is 12.0 Å².